The Bertz CT molecular complexity index is 953. The summed E-state index contributed by atoms with van der Waals surface area (Å²) in [7, 11) is 0. The molecule has 2 aromatic carbocycles. The Morgan fingerprint density at radius 2 is 1.74 bits per heavy atom. The van der Waals surface area contributed by atoms with Crippen LogP contribution < -0.4 is 14.2 Å². The number of benzene rings is 2. The summed E-state index contributed by atoms with van der Waals surface area (Å²) in [6.07, 6.45) is 4.30. The van der Waals surface area contributed by atoms with Crippen LogP contribution in [0.4, 0.5) is 0 Å². The van der Waals surface area contributed by atoms with Gasteiger partial charge in [-0.15, -0.1) is 0 Å². The van der Waals surface area contributed by atoms with Crippen LogP contribution in [0.1, 0.15) is 36.5 Å². The smallest absolute Gasteiger partial charge is 0.263 e. The van der Waals surface area contributed by atoms with Crippen LogP contribution in [0.25, 0.3) is 0 Å². The van der Waals surface area contributed by atoms with Gasteiger partial charge in [0.1, 0.15) is 5.75 Å². The van der Waals surface area contributed by atoms with Crippen molar-refractivity contribution in [2.75, 3.05) is 33.0 Å². The van der Waals surface area contributed by atoms with E-state index in [1.54, 1.807) is 0 Å². The Morgan fingerprint density at radius 1 is 0.968 bits per heavy atom. The fourth-order valence-corrected chi connectivity index (χ4v) is 4.72. The minimum Gasteiger partial charge on any atom is -0.481 e. The summed E-state index contributed by atoms with van der Waals surface area (Å²) in [5.41, 5.74) is 4.00. The van der Waals surface area contributed by atoms with E-state index >= 15 is 0 Å². The van der Waals surface area contributed by atoms with E-state index < -0.39 is 6.10 Å². The average Bonchev–Trinajstić information content (AvgIpc) is 3.27. The van der Waals surface area contributed by atoms with E-state index in [2.05, 4.69) is 23.1 Å². The Morgan fingerprint density at radius 3 is 2.58 bits per heavy atom. The van der Waals surface area contributed by atoms with E-state index in [9.17, 15) is 4.79 Å². The Labute approximate surface area is 183 Å². The molecule has 6 nitrogen and oxygen atoms in total. The van der Waals surface area contributed by atoms with Crippen molar-refractivity contribution >= 4 is 5.91 Å². The molecule has 1 fully saturated rings. The molecule has 3 aliphatic rings. The zero-order chi connectivity index (χ0) is 21.2. The van der Waals surface area contributed by atoms with Gasteiger partial charge in [0.05, 0.1) is 0 Å². The normalized spacial score (nSPS) is 19.1. The minimum absolute atomic E-state index is 0.0699. The van der Waals surface area contributed by atoms with E-state index in [4.69, 9.17) is 14.2 Å². The highest BCUT2D eigenvalue weighted by Crippen LogP contribution is 2.33. The van der Waals surface area contributed by atoms with E-state index in [1.165, 1.54) is 29.5 Å². The molecule has 1 amide bonds. The number of carbonyl (C=O) groups excluding carboxylic acids is 1. The molecule has 0 spiro atoms. The summed E-state index contributed by atoms with van der Waals surface area (Å²) in [5, 5.41) is 0. The lowest BCUT2D eigenvalue weighted by Gasteiger charge is -2.36. The van der Waals surface area contributed by atoms with Crippen molar-refractivity contribution in [1.29, 1.82) is 0 Å². The predicted octanol–water partition coefficient (Wildman–Crippen LogP) is 3.41. The van der Waals surface area contributed by atoms with Crippen LogP contribution >= 0.6 is 0 Å². The molecule has 164 valence electrons. The molecule has 6 heteroatoms. The van der Waals surface area contributed by atoms with E-state index in [-0.39, 0.29) is 5.91 Å². The molecular weight excluding hydrogens is 392 g/mol. The number of hydrogen-bond donors (Lipinski definition) is 0. The van der Waals surface area contributed by atoms with Gasteiger partial charge >= 0.3 is 0 Å². The number of amides is 1. The largest absolute Gasteiger partial charge is 0.481 e. The zero-order valence-corrected chi connectivity index (χ0v) is 18.1. The first kappa shape index (κ1) is 20.2. The SMILES string of the molecule is C[C@@H](Oc1ccc2c(c1)CCCC2)C(=O)N1CCN(Cc2ccc3c(c2)OCO3)CC1. The average molecular weight is 423 g/mol. The standard InChI is InChI=1S/C25H30N2O4/c1-18(31-22-8-7-20-4-2-3-5-21(20)15-22)25(28)27-12-10-26(11-13-27)16-19-6-9-23-24(14-19)30-17-29-23/h6-9,14-15,18H,2-5,10-13,16-17H2,1H3/t18-/m1/s1. The second kappa shape index (κ2) is 8.79. The molecule has 5 rings (SSSR count). The fraction of sp³-hybridized carbons (Fsp3) is 0.480. The second-order valence-corrected chi connectivity index (χ2v) is 8.69. The molecule has 2 aromatic rings. The molecule has 0 bridgehead atoms. The van der Waals surface area contributed by atoms with Gasteiger partial charge in [-0.1, -0.05) is 12.1 Å². The summed E-state index contributed by atoms with van der Waals surface area (Å²) < 4.78 is 16.9. The van der Waals surface area contributed by atoms with Crippen LogP contribution in [0.2, 0.25) is 0 Å². The van der Waals surface area contributed by atoms with Crippen LogP contribution in [0.3, 0.4) is 0 Å². The lowest BCUT2D eigenvalue weighted by molar-refractivity contribution is -0.139. The number of fused-ring (bicyclic) bond motifs is 2. The molecule has 1 saturated heterocycles. The van der Waals surface area contributed by atoms with Gasteiger partial charge in [-0.3, -0.25) is 9.69 Å². The van der Waals surface area contributed by atoms with Crippen molar-refractivity contribution in [1.82, 2.24) is 9.80 Å². The third-order valence-electron chi connectivity index (χ3n) is 6.51. The number of carbonyl (C=O) groups is 1. The van der Waals surface area contributed by atoms with Gasteiger partial charge in [0.25, 0.3) is 5.91 Å². The van der Waals surface area contributed by atoms with Gasteiger partial charge in [-0.25, -0.2) is 0 Å². The highest BCUT2D eigenvalue weighted by molar-refractivity contribution is 5.81. The molecule has 0 unspecified atom stereocenters. The Kier molecular flexibility index (Phi) is 5.72. The van der Waals surface area contributed by atoms with Crippen LogP contribution in [0, 0.1) is 0 Å². The summed E-state index contributed by atoms with van der Waals surface area (Å²) in [6.45, 7) is 6.16. The Hall–Kier alpha value is -2.73. The number of hydrogen-bond acceptors (Lipinski definition) is 5. The van der Waals surface area contributed by atoms with Gasteiger partial charge in [0.15, 0.2) is 17.6 Å². The van der Waals surface area contributed by atoms with Gasteiger partial charge in [-0.2, -0.15) is 0 Å². The van der Waals surface area contributed by atoms with E-state index in [1.807, 2.05) is 30.0 Å². The molecule has 31 heavy (non-hydrogen) atoms. The lowest BCUT2D eigenvalue weighted by Crippen LogP contribution is -2.51. The molecule has 0 saturated carbocycles. The highest BCUT2D eigenvalue weighted by Gasteiger charge is 2.26. The van der Waals surface area contributed by atoms with E-state index in [0.29, 0.717) is 6.79 Å². The van der Waals surface area contributed by atoms with Crippen molar-refractivity contribution in [2.45, 2.75) is 45.3 Å². The van der Waals surface area contributed by atoms with Gasteiger partial charge in [0, 0.05) is 32.7 Å². The molecule has 2 aliphatic heterocycles. The minimum atomic E-state index is -0.470. The maximum absolute atomic E-state index is 12.9. The lowest BCUT2D eigenvalue weighted by atomic mass is 9.92. The van der Waals surface area contributed by atoms with Crippen molar-refractivity contribution in [3.05, 3.63) is 53.1 Å². The van der Waals surface area contributed by atoms with Crippen molar-refractivity contribution < 1.29 is 19.0 Å². The first-order chi connectivity index (χ1) is 15.2. The Balaban J connectivity index is 1.13. The molecule has 0 aromatic heterocycles. The van der Waals surface area contributed by atoms with Crippen molar-refractivity contribution in [3.63, 3.8) is 0 Å². The van der Waals surface area contributed by atoms with Crippen LogP contribution in [0.15, 0.2) is 36.4 Å². The summed E-state index contributed by atoms with van der Waals surface area (Å²) >= 11 is 0. The second-order valence-electron chi connectivity index (χ2n) is 8.69. The molecule has 1 atom stereocenters. The summed E-state index contributed by atoms with van der Waals surface area (Å²) in [4.78, 5) is 17.2. The number of rotatable bonds is 5. The molecule has 2 heterocycles. The molecule has 0 N–H and O–H groups in total. The summed E-state index contributed by atoms with van der Waals surface area (Å²) in [6, 6.07) is 12.4. The van der Waals surface area contributed by atoms with Crippen molar-refractivity contribution in [2.24, 2.45) is 0 Å². The topological polar surface area (TPSA) is 51.2 Å². The zero-order valence-electron chi connectivity index (χ0n) is 18.1. The quantitative estimate of drug-likeness (QED) is 0.739. The number of aryl methyl sites for hydroxylation is 2. The van der Waals surface area contributed by atoms with Crippen LogP contribution in [-0.4, -0.2) is 54.8 Å². The monoisotopic (exact) mass is 422 g/mol. The predicted molar refractivity (Wildman–Crippen MR) is 118 cm³/mol. The molecule has 0 radical (unpaired) electrons. The van der Waals surface area contributed by atoms with Crippen LogP contribution in [0.5, 0.6) is 17.2 Å². The number of ether oxygens (including phenoxy) is 3. The van der Waals surface area contributed by atoms with Gasteiger partial charge < -0.3 is 19.1 Å². The van der Waals surface area contributed by atoms with Crippen molar-refractivity contribution in [3.8, 4) is 17.2 Å². The maximum Gasteiger partial charge on any atom is 0.263 e. The molecule has 1 aliphatic carbocycles. The highest BCUT2D eigenvalue weighted by atomic mass is 16.7. The number of piperazine rings is 1. The van der Waals surface area contributed by atoms with Gasteiger partial charge in [0.2, 0.25) is 6.79 Å². The van der Waals surface area contributed by atoms with E-state index in [0.717, 1.165) is 62.8 Å². The fourth-order valence-electron chi connectivity index (χ4n) is 4.72. The van der Waals surface area contributed by atoms with Gasteiger partial charge in [-0.05, 0) is 73.6 Å². The third-order valence-corrected chi connectivity index (χ3v) is 6.51. The first-order valence-corrected chi connectivity index (χ1v) is 11.3. The number of nitrogens with zero attached hydrogens (tertiary/aromatic N) is 2. The summed E-state index contributed by atoms with van der Waals surface area (Å²) in [5.74, 6) is 2.51. The van der Waals surface area contributed by atoms with Crippen LogP contribution in [-0.2, 0) is 24.2 Å². The third kappa shape index (κ3) is 4.49. The maximum atomic E-state index is 12.9. The molecular formula is C25H30N2O4. The first-order valence-electron chi connectivity index (χ1n) is 11.3.